The Bertz CT molecular complexity index is 399. The highest BCUT2D eigenvalue weighted by atomic mass is 79.9. The molecule has 110 valence electrons. The summed E-state index contributed by atoms with van der Waals surface area (Å²) in [7, 11) is 0. The Morgan fingerprint density at radius 1 is 1.42 bits per heavy atom. The molecular weight excluding hydrogens is 306 g/mol. The number of hydrogen-bond acceptors (Lipinski definition) is 3. The average molecular weight is 332 g/mol. The highest BCUT2D eigenvalue weighted by Gasteiger charge is 2.30. The normalized spacial score (nSPS) is 15.2. The Hall–Kier alpha value is -0.390. The lowest BCUT2D eigenvalue weighted by Gasteiger charge is -2.27. The van der Waals surface area contributed by atoms with Gasteiger partial charge < -0.3 is 10.4 Å². The first-order valence-electron chi connectivity index (χ1n) is 6.92. The fourth-order valence-corrected chi connectivity index (χ4v) is 2.78. The van der Waals surface area contributed by atoms with Gasteiger partial charge in [-0.15, -0.1) is 0 Å². The van der Waals surface area contributed by atoms with Gasteiger partial charge >= 0.3 is 0 Å². The van der Waals surface area contributed by atoms with Gasteiger partial charge in [-0.2, -0.15) is 5.10 Å². The van der Waals surface area contributed by atoms with E-state index in [0.717, 1.165) is 23.3 Å². The van der Waals surface area contributed by atoms with Crippen LogP contribution in [0.4, 0.5) is 0 Å². The van der Waals surface area contributed by atoms with Gasteiger partial charge in [0.2, 0.25) is 0 Å². The van der Waals surface area contributed by atoms with Crippen molar-refractivity contribution in [1.29, 1.82) is 0 Å². The third-order valence-corrected chi connectivity index (χ3v) is 3.67. The highest BCUT2D eigenvalue weighted by molar-refractivity contribution is 9.10. The van der Waals surface area contributed by atoms with Crippen LogP contribution in [0.2, 0.25) is 0 Å². The molecule has 4 nitrogen and oxygen atoms in total. The van der Waals surface area contributed by atoms with Gasteiger partial charge in [0.25, 0.3) is 0 Å². The Labute approximate surface area is 124 Å². The van der Waals surface area contributed by atoms with Crippen molar-refractivity contribution >= 4 is 15.9 Å². The fraction of sp³-hybridized carbons (Fsp3) is 0.786. The molecule has 1 aromatic heterocycles. The summed E-state index contributed by atoms with van der Waals surface area (Å²) in [6.07, 6.45) is 2.42. The highest BCUT2D eigenvalue weighted by Crippen LogP contribution is 2.32. The second-order valence-electron chi connectivity index (χ2n) is 6.00. The second-order valence-corrected chi connectivity index (χ2v) is 6.86. The van der Waals surface area contributed by atoms with Crippen LogP contribution < -0.4 is 5.32 Å². The SMILES string of the molecule is CC(C)CNCCC(C)(O)c1c(Br)cnn1C(C)C. The van der Waals surface area contributed by atoms with Crippen LogP contribution in [0.15, 0.2) is 10.7 Å². The molecule has 1 heterocycles. The molecule has 0 fully saturated rings. The number of halogens is 1. The van der Waals surface area contributed by atoms with Gasteiger partial charge in [-0.1, -0.05) is 13.8 Å². The van der Waals surface area contributed by atoms with Crippen molar-refractivity contribution in [3.63, 3.8) is 0 Å². The third-order valence-electron chi connectivity index (χ3n) is 3.09. The van der Waals surface area contributed by atoms with E-state index in [2.05, 4.69) is 54.0 Å². The average Bonchev–Trinajstić information content (AvgIpc) is 2.67. The number of nitrogens with zero attached hydrogens (tertiary/aromatic N) is 2. The Kier molecular flexibility index (Phi) is 6.02. The van der Waals surface area contributed by atoms with Crippen molar-refractivity contribution in [1.82, 2.24) is 15.1 Å². The van der Waals surface area contributed by atoms with E-state index in [0.29, 0.717) is 12.3 Å². The van der Waals surface area contributed by atoms with Gasteiger partial charge in [-0.3, -0.25) is 4.68 Å². The molecular formula is C14H26BrN3O. The van der Waals surface area contributed by atoms with E-state index in [9.17, 15) is 5.11 Å². The number of hydrogen-bond donors (Lipinski definition) is 2. The van der Waals surface area contributed by atoms with Gasteiger partial charge in [0.15, 0.2) is 0 Å². The van der Waals surface area contributed by atoms with Crippen LogP contribution in [0, 0.1) is 5.92 Å². The number of aliphatic hydroxyl groups is 1. The quantitative estimate of drug-likeness (QED) is 0.755. The zero-order valence-corrected chi connectivity index (χ0v) is 14.2. The molecule has 0 aromatic carbocycles. The van der Waals surface area contributed by atoms with E-state index in [-0.39, 0.29) is 6.04 Å². The minimum Gasteiger partial charge on any atom is -0.384 e. The summed E-state index contributed by atoms with van der Waals surface area (Å²) in [5, 5.41) is 18.4. The van der Waals surface area contributed by atoms with E-state index in [1.165, 1.54) is 0 Å². The maximum atomic E-state index is 10.7. The largest absolute Gasteiger partial charge is 0.384 e. The van der Waals surface area contributed by atoms with E-state index < -0.39 is 5.60 Å². The Morgan fingerprint density at radius 3 is 2.58 bits per heavy atom. The minimum absolute atomic E-state index is 0.233. The van der Waals surface area contributed by atoms with Gasteiger partial charge in [0, 0.05) is 6.04 Å². The molecule has 5 heteroatoms. The molecule has 0 aliphatic carbocycles. The molecule has 19 heavy (non-hydrogen) atoms. The smallest absolute Gasteiger partial charge is 0.106 e. The summed E-state index contributed by atoms with van der Waals surface area (Å²) < 4.78 is 2.75. The van der Waals surface area contributed by atoms with Crippen LogP contribution in [0.25, 0.3) is 0 Å². The third kappa shape index (κ3) is 4.58. The molecule has 0 aliphatic heterocycles. The number of nitrogens with one attached hydrogen (secondary N) is 1. The fourth-order valence-electron chi connectivity index (χ4n) is 2.08. The van der Waals surface area contributed by atoms with Gasteiger partial charge in [0.05, 0.1) is 16.4 Å². The maximum absolute atomic E-state index is 10.7. The summed E-state index contributed by atoms with van der Waals surface area (Å²) in [6, 6.07) is 0.233. The van der Waals surface area contributed by atoms with Crippen LogP contribution >= 0.6 is 15.9 Å². The van der Waals surface area contributed by atoms with E-state index in [4.69, 9.17) is 0 Å². The van der Waals surface area contributed by atoms with Crippen LogP contribution in [-0.4, -0.2) is 28.0 Å². The van der Waals surface area contributed by atoms with Crippen molar-refractivity contribution < 1.29 is 5.11 Å². The summed E-state index contributed by atoms with van der Waals surface area (Å²) >= 11 is 3.49. The van der Waals surface area contributed by atoms with E-state index in [1.807, 2.05) is 11.6 Å². The first-order chi connectivity index (χ1) is 8.75. The molecule has 2 N–H and O–H groups in total. The van der Waals surface area contributed by atoms with Crippen molar-refractivity contribution in [2.45, 2.75) is 52.7 Å². The predicted molar refractivity (Wildman–Crippen MR) is 82.2 cm³/mol. The molecule has 1 aromatic rings. The lowest BCUT2D eigenvalue weighted by Crippen LogP contribution is -2.32. The zero-order valence-electron chi connectivity index (χ0n) is 12.6. The Morgan fingerprint density at radius 2 is 2.05 bits per heavy atom. The van der Waals surface area contributed by atoms with Crippen molar-refractivity contribution in [2.24, 2.45) is 5.92 Å². The number of rotatable bonds is 7. The van der Waals surface area contributed by atoms with Crippen molar-refractivity contribution in [3.05, 3.63) is 16.4 Å². The van der Waals surface area contributed by atoms with Gasteiger partial charge in [0.1, 0.15) is 5.60 Å². The minimum atomic E-state index is -0.885. The summed E-state index contributed by atoms with van der Waals surface area (Å²) in [5.74, 6) is 0.623. The summed E-state index contributed by atoms with van der Waals surface area (Å²) in [5.41, 5.74) is -0.0299. The molecule has 0 bridgehead atoms. The van der Waals surface area contributed by atoms with Gasteiger partial charge in [-0.25, -0.2) is 0 Å². The standard InChI is InChI=1S/C14H26BrN3O/c1-10(2)8-16-7-6-14(5,19)13-12(15)9-17-18(13)11(3)4/h9-11,16,19H,6-8H2,1-5H3. The first kappa shape index (κ1) is 16.7. The lowest BCUT2D eigenvalue weighted by atomic mass is 9.97. The Balaban J connectivity index is 2.73. The van der Waals surface area contributed by atoms with Crippen LogP contribution in [-0.2, 0) is 5.60 Å². The van der Waals surface area contributed by atoms with Crippen molar-refractivity contribution in [3.8, 4) is 0 Å². The second kappa shape index (κ2) is 6.86. The maximum Gasteiger partial charge on any atom is 0.106 e. The molecule has 1 unspecified atom stereocenters. The van der Waals surface area contributed by atoms with Crippen LogP contribution in [0.3, 0.4) is 0 Å². The first-order valence-corrected chi connectivity index (χ1v) is 7.71. The molecule has 1 rings (SSSR count). The van der Waals surface area contributed by atoms with Gasteiger partial charge in [-0.05, 0) is 62.1 Å². The molecule has 0 aliphatic rings. The monoisotopic (exact) mass is 331 g/mol. The predicted octanol–water partition coefficient (Wildman–Crippen LogP) is 3.07. The molecule has 0 radical (unpaired) electrons. The lowest BCUT2D eigenvalue weighted by molar-refractivity contribution is 0.0365. The topological polar surface area (TPSA) is 50.1 Å². The zero-order chi connectivity index (χ0) is 14.6. The molecule has 0 saturated heterocycles. The van der Waals surface area contributed by atoms with E-state index in [1.54, 1.807) is 6.20 Å². The summed E-state index contributed by atoms with van der Waals surface area (Å²) in [4.78, 5) is 0. The van der Waals surface area contributed by atoms with Crippen LogP contribution in [0.1, 0.15) is 52.8 Å². The molecule has 1 atom stereocenters. The molecule has 0 amide bonds. The summed E-state index contributed by atoms with van der Waals surface area (Å²) in [6.45, 7) is 12.1. The number of aromatic nitrogens is 2. The van der Waals surface area contributed by atoms with Crippen LogP contribution in [0.5, 0.6) is 0 Å². The van der Waals surface area contributed by atoms with Crippen molar-refractivity contribution in [2.75, 3.05) is 13.1 Å². The van der Waals surface area contributed by atoms with E-state index >= 15 is 0 Å². The molecule has 0 saturated carbocycles. The molecule has 0 spiro atoms.